The molecule has 0 saturated carbocycles. The third kappa shape index (κ3) is 4.02. The van der Waals surface area contributed by atoms with E-state index in [2.05, 4.69) is 24.0 Å². The van der Waals surface area contributed by atoms with Crippen molar-refractivity contribution in [1.82, 2.24) is 0 Å². The molecule has 0 aliphatic rings. The lowest BCUT2D eigenvalue weighted by Gasteiger charge is -2.06. The highest BCUT2D eigenvalue weighted by Crippen LogP contribution is 2.24. The number of aryl methyl sites for hydroxylation is 1. The molecule has 0 amide bonds. The van der Waals surface area contributed by atoms with Crippen LogP contribution < -0.4 is 19.8 Å². The number of para-hydroxylation sites is 2. The van der Waals surface area contributed by atoms with Gasteiger partial charge in [0.15, 0.2) is 5.75 Å². The first kappa shape index (κ1) is 18.8. The lowest BCUT2D eigenvalue weighted by Crippen LogP contribution is -2.70. The number of methoxy groups -OCH3 is 1. The van der Waals surface area contributed by atoms with Gasteiger partial charge in [0.25, 0.3) is 0 Å². The van der Waals surface area contributed by atoms with Crippen molar-refractivity contribution in [1.29, 1.82) is 0 Å². The predicted octanol–water partition coefficient (Wildman–Crippen LogP) is 4.13. The predicted molar refractivity (Wildman–Crippen MR) is 114 cm³/mol. The van der Waals surface area contributed by atoms with E-state index in [1.807, 2.05) is 67.6 Å². The van der Waals surface area contributed by atoms with Crippen molar-refractivity contribution in [2.24, 2.45) is 0 Å². The Bertz CT molecular complexity index is 1210. The van der Waals surface area contributed by atoms with E-state index in [4.69, 9.17) is 13.9 Å². The van der Waals surface area contributed by atoms with Crippen LogP contribution in [0.1, 0.15) is 12.5 Å². The van der Waals surface area contributed by atoms with Crippen LogP contribution in [0.3, 0.4) is 0 Å². The fraction of sp³-hybridized carbons (Fsp3) is 0.160. The van der Waals surface area contributed by atoms with Gasteiger partial charge in [0.05, 0.1) is 25.2 Å². The molecule has 1 N–H and O–H groups in total. The van der Waals surface area contributed by atoms with Gasteiger partial charge in [0.1, 0.15) is 17.1 Å². The smallest absolute Gasteiger partial charge is 0.246 e. The van der Waals surface area contributed by atoms with E-state index < -0.39 is 0 Å². The second kappa shape index (κ2) is 8.23. The molecule has 1 heterocycles. The minimum atomic E-state index is 0.611. The molecule has 0 aliphatic carbocycles. The normalized spacial score (nSPS) is 11.6. The summed E-state index contributed by atoms with van der Waals surface area (Å²) in [6.45, 7) is 4.67. The Kier molecular flexibility index (Phi) is 5.34. The van der Waals surface area contributed by atoms with E-state index in [1.165, 1.54) is 5.56 Å². The van der Waals surface area contributed by atoms with E-state index in [-0.39, 0.29) is 0 Å². The minimum Gasteiger partial charge on any atom is -0.497 e. The Labute approximate surface area is 170 Å². The fourth-order valence-electron chi connectivity index (χ4n) is 3.30. The van der Waals surface area contributed by atoms with Gasteiger partial charge in [-0.25, -0.2) is 4.99 Å². The van der Waals surface area contributed by atoms with Gasteiger partial charge in [-0.3, -0.25) is 0 Å². The monoisotopic (exact) mass is 386 g/mol. The van der Waals surface area contributed by atoms with Gasteiger partial charge < -0.3 is 13.9 Å². The molecule has 4 heteroatoms. The van der Waals surface area contributed by atoms with Crippen molar-refractivity contribution in [2.45, 2.75) is 13.8 Å². The van der Waals surface area contributed by atoms with Crippen LogP contribution in [0.4, 0.5) is 5.69 Å². The summed E-state index contributed by atoms with van der Waals surface area (Å²) in [4.78, 5) is 3.55. The van der Waals surface area contributed by atoms with Crippen LogP contribution in [0.25, 0.3) is 22.3 Å². The van der Waals surface area contributed by atoms with E-state index in [1.54, 1.807) is 7.11 Å². The van der Waals surface area contributed by atoms with E-state index in [0.717, 1.165) is 44.8 Å². The van der Waals surface area contributed by atoms with Crippen LogP contribution in [-0.4, -0.2) is 13.7 Å². The molecule has 146 valence electrons. The molecule has 0 atom stereocenters. The lowest BCUT2D eigenvalue weighted by molar-refractivity contribution is -0.401. The van der Waals surface area contributed by atoms with Gasteiger partial charge in [-0.05, 0) is 56.3 Å². The maximum Gasteiger partial charge on any atom is 0.246 e. The van der Waals surface area contributed by atoms with Crippen LogP contribution in [0.15, 0.2) is 77.2 Å². The van der Waals surface area contributed by atoms with Crippen molar-refractivity contribution in [3.8, 4) is 22.8 Å². The van der Waals surface area contributed by atoms with Crippen molar-refractivity contribution in [3.63, 3.8) is 0 Å². The van der Waals surface area contributed by atoms with E-state index >= 15 is 0 Å². The third-order valence-corrected chi connectivity index (χ3v) is 4.75. The van der Waals surface area contributed by atoms with Gasteiger partial charge >= 0.3 is 0 Å². The van der Waals surface area contributed by atoms with Crippen LogP contribution in [0, 0.1) is 6.92 Å². The maximum atomic E-state index is 6.22. The molecule has 4 aromatic rings. The number of hydrogen-bond acceptors (Lipinski definition) is 3. The topological polar surface area (TPSA) is 45.6 Å². The number of benzene rings is 3. The first-order valence-electron chi connectivity index (χ1n) is 9.68. The lowest BCUT2D eigenvalue weighted by atomic mass is 10.1. The Hall–Kier alpha value is -3.53. The van der Waals surface area contributed by atoms with Crippen LogP contribution >= 0.6 is 0 Å². The number of hydrogen-bond donors (Lipinski definition) is 1. The molecule has 0 fully saturated rings. The van der Waals surface area contributed by atoms with Gasteiger partial charge in [0.2, 0.25) is 11.0 Å². The van der Waals surface area contributed by atoms with Gasteiger partial charge in [-0.1, -0.05) is 23.8 Å². The van der Waals surface area contributed by atoms with Crippen molar-refractivity contribution >= 4 is 16.7 Å². The molecule has 4 nitrogen and oxygen atoms in total. The van der Waals surface area contributed by atoms with Crippen LogP contribution in [0.2, 0.25) is 0 Å². The summed E-state index contributed by atoms with van der Waals surface area (Å²) < 4.78 is 17.3. The van der Waals surface area contributed by atoms with E-state index in [9.17, 15) is 0 Å². The molecule has 4 rings (SSSR count). The Morgan fingerprint density at radius 2 is 1.72 bits per heavy atom. The van der Waals surface area contributed by atoms with Gasteiger partial charge in [-0.15, -0.1) is 0 Å². The zero-order valence-electron chi connectivity index (χ0n) is 16.9. The molecule has 0 radical (unpaired) electrons. The number of rotatable bonds is 5. The van der Waals surface area contributed by atoms with Crippen LogP contribution in [-0.2, 0) is 0 Å². The molecule has 0 saturated heterocycles. The zero-order valence-corrected chi connectivity index (χ0v) is 16.9. The summed E-state index contributed by atoms with van der Waals surface area (Å²) in [5.74, 6) is 2.41. The van der Waals surface area contributed by atoms with Crippen molar-refractivity contribution in [3.05, 3.63) is 83.7 Å². The second-order valence-corrected chi connectivity index (χ2v) is 6.81. The SMILES string of the molecule is CCOc1ccccc1[NH+]=c1cc(-c2ccc(OC)cc2)oc2ccc(C)cc12. The number of nitrogens with one attached hydrogen (secondary N) is 1. The second-order valence-electron chi connectivity index (χ2n) is 6.81. The average molecular weight is 386 g/mol. The molecule has 0 bridgehead atoms. The molecule has 3 aromatic carbocycles. The third-order valence-electron chi connectivity index (χ3n) is 4.75. The summed E-state index contributed by atoms with van der Waals surface area (Å²) in [7, 11) is 1.66. The molecule has 1 aromatic heterocycles. The molecular weight excluding hydrogens is 362 g/mol. The highest BCUT2D eigenvalue weighted by molar-refractivity contribution is 5.79. The summed E-state index contributed by atoms with van der Waals surface area (Å²) >= 11 is 0. The quantitative estimate of drug-likeness (QED) is 0.561. The molecule has 0 aliphatic heterocycles. The maximum absolute atomic E-state index is 6.22. The molecular formula is C25H24NO3+. The Balaban J connectivity index is 1.95. The molecule has 0 unspecified atom stereocenters. The Morgan fingerprint density at radius 3 is 2.48 bits per heavy atom. The first-order chi connectivity index (χ1) is 14.2. The summed E-state index contributed by atoms with van der Waals surface area (Å²) in [6, 6.07) is 24.0. The summed E-state index contributed by atoms with van der Waals surface area (Å²) in [5.41, 5.74) is 3.89. The Morgan fingerprint density at radius 1 is 0.931 bits per heavy atom. The van der Waals surface area contributed by atoms with Gasteiger partial charge in [-0.2, -0.15) is 0 Å². The van der Waals surface area contributed by atoms with Gasteiger partial charge in [0, 0.05) is 11.6 Å². The largest absolute Gasteiger partial charge is 0.497 e. The fourth-order valence-corrected chi connectivity index (χ4v) is 3.30. The summed E-state index contributed by atoms with van der Waals surface area (Å²) in [5, 5.41) is 1.99. The number of fused-ring (bicyclic) bond motifs is 1. The standard InChI is InChI=1S/C25H23NO3/c1-4-28-24-8-6-5-7-21(24)26-22-16-25(18-10-12-19(27-3)13-11-18)29-23-14-9-17(2)15-20(22)23/h5-16H,4H2,1-3H3/p+1. The zero-order chi connectivity index (χ0) is 20.2. The van der Waals surface area contributed by atoms with Crippen molar-refractivity contribution in [2.75, 3.05) is 13.7 Å². The molecule has 0 spiro atoms. The highest BCUT2D eigenvalue weighted by Gasteiger charge is 2.12. The summed E-state index contributed by atoms with van der Waals surface area (Å²) in [6.07, 6.45) is 0. The minimum absolute atomic E-state index is 0.611. The van der Waals surface area contributed by atoms with Crippen molar-refractivity contribution < 1.29 is 18.9 Å². The van der Waals surface area contributed by atoms with Crippen LogP contribution in [0.5, 0.6) is 11.5 Å². The first-order valence-corrected chi connectivity index (χ1v) is 9.68. The molecule has 29 heavy (non-hydrogen) atoms. The average Bonchev–Trinajstić information content (AvgIpc) is 2.75. The van der Waals surface area contributed by atoms with E-state index in [0.29, 0.717) is 6.61 Å². The highest BCUT2D eigenvalue weighted by atomic mass is 16.5. The number of ether oxygens (including phenoxy) is 2.